The number of carbonyl (C=O) groups is 1. The first-order chi connectivity index (χ1) is 11.8. The average Bonchev–Trinajstić information content (AvgIpc) is 2.65. The van der Waals surface area contributed by atoms with Gasteiger partial charge in [0.25, 0.3) is 5.91 Å². The van der Waals surface area contributed by atoms with Crippen LogP contribution in [0.15, 0.2) is 67.0 Å². The van der Waals surface area contributed by atoms with E-state index in [1.807, 2.05) is 48.2 Å². The lowest BCUT2D eigenvalue weighted by Gasteiger charge is -2.21. The van der Waals surface area contributed by atoms with Crippen molar-refractivity contribution in [3.8, 4) is 0 Å². The third-order valence-corrected chi connectivity index (χ3v) is 3.48. The summed E-state index contributed by atoms with van der Waals surface area (Å²) in [6.07, 6.45) is 3.12. The molecule has 0 spiro atoms. The van der Waals surface area contributed by atoms with Crippen molar-refractivity contribution in [3.05, 3.63) is 72.6 Å². The van der Waals surface area contributed by atoms with E-state index >= 15 is 0 Å². The van der Waals surface area contributed by atoms with Crippen LogP contribution < -0.4 is 10.2 Å². The Labute approximate surface area is 140 Å². The largest absolute Gasteiger partial charge is 0.325 e. The highest BCUT2D eigenvalue weighted by Crippen LogP contribution is 2.22. The third kappa shape index (κ3) is 3.55. The van der Waals surface area contributed by atoms with E-state index < -0.39 is 0 Å². The molecular formula is C18H17N5O. The summed E-state index contributed by atoms with van der Waals surface area (Å²) < 4.78 is 0. The van der Waals surface area contributed by atoms with Crippen LogP contribution in [0.4, 0.5) is 17.3 Å². The number of para-hydroxylation sites is 1. The van der Waals surface area contributed by atoms with Gasteiger partial charge in [0.05, 0.1) is 5.56 Å². The van der Waals surface area contributed by atoms with Crippen LogP contribution in [0.5, 0.6) is 0 Å². The summed E-state index contributed by atoms with van der Waals surface area (Å²) in [4.78, 5) is 18.0. The Balaban J connectivity index is 1.74. The standard InChI is InChI=1S/C18H17N5O/c1-2-23(15-8-4-3-5-9-15)17-11-10-16(21-22-17)20-18(24)14-7-6-12-19-13-14/h3-13H,2H2,1H3,(H,20,21,24). The molecule has 0 bridgehead atoms. The number of aromatic nitrogens is 3. The van der Waals surface area contributed by atoms with E-state index in [0.717, 1.165) is 18.1 Å². The second-order valence-electron chi connectivity index (χ2n) is 5.05. The molecule has 3 aromatic rings. The zero-order valence-corrected chi connectivity index (χ0v) is 13.3. The van der Waals surface area contributed by atoms with E-state index in [9.17, 15) is 4.79 Å². The molecule has 0 saturated heterocycles. The highest BCUT2D eigenvalue weighted by molar-refractivity contribution is 6.03. The third-order valence-electron chi connectivity index (χ3n) is 3.48. The maximum atomic E-state index is 12.1. The molecule has 2 aromatic heterocycles. The van der Waals surface area contributed by atoms with Crippen LogP contribution in [0.3, 0.4) is 0 Å². The van der Waals surface area contributed by atoms with Gasteiger partial charge >= 0.3 is 0 Å². The normalized spacial score (nSPS) is 10.2. The predicted octanol–water partition coefficient (Wildman–Crippen LogP) is 3.28. The van der Waals surface area contributed by atoms with Crippen LogP contribution >= 0.6 is 0 Å². The van der Waals surface area contributed by atoms with Gasteiger partial charge in [0.1, 0.15) is 0 Å². The number of hydrogen-bond acceptors (Lipinski definition) is 5. The molecule has 0 saturated carbocycles. The maximum absolute atomic E-state index is 12.1. The number of anilines is 3. The smallest absolute Gasteiger partial charge is 0.258 e. The van der Waals surface area contributed by atoms with Crippen LogP contribution in [-0.2, 0) is 0 Å². The Morgan fingerprint density at radius 1 is 1.04 bits per heavy atom. The Hall–Kier alpha value is -3.28. The molecule has 2 heterocycles. The molecule has 6 nitrogen and oxygen atoms in total. The number of amides is 1. The molecule has 0 unspecified atom stereocenters. The summed E-state index contributed by atoms with van der Waals surface area (Å²) in [5.74, 6) is 0.861. The summed E-state index contributed by atoms with van der Waals surface area (Å²) in [7, 11) is 0. The minimum Gasteiger partial charge on any atom is -0.325 e. The first kappa shape index (κ1) is 15.6. The predicted molar refractivity (Wildman–Crippen MR) is 93.3 cm³/mol. The van der Waals surface area contributed by atoms with Gasteiger partial charge < -0.3 is 10.2 Å². The summed E-state index contributed by atoms with van der Waals surface area (Å²) in [6.45, 7) is 2.81. The van der Waals surface area contributed by atoms with Gasteiger partial charge in [-0.15, -0.1) is 10.2 Å². The van der Waals surface area contributed by atoms with E-state index in [1.165, 1.54) is 6.20 Å². The van der Waals surface area contributed by atoms with Crippen LogP contribution in [0.2, 0.25) is 0 Å². The molecule has 24 heavy (non-hydrogen) atoms. The van der Waals surface area contributed by atoms with Crippen LogP contribution in [-0.4, -0.2) is 27.6 Å². The van der Waals surface area contributed by atoms with Crippen molar-refractivity contribution < 1.29 is 4.79 Å². The van der Waals surface area contributed by atoms with E-state index in [2.05, 4.69) is 20.5 Å². The minimum absolute atomic E-state index is 0.263. The highest BCUT2D eigenvalue weighted by Gasteiger charge is 2.11. The molecule has 0 aliphatic rings. The number of nitrogens with one attached hydrogen (secondary N) is 1. The van der Waals surface area contributed by atoms with Crippen LogP contribution in [0, 0.1) is 0 Å². The van der Waals surface area contributed by atoms with Crippen molar-refractivity contribution >= 4 is 23.2 Å². The Bertz CT molecular complexity index is 791. The van der Waals surface area contributed by atoms with Gasteiger partial charge in [0.2, 0.25) is 0 Å². The fourth-order valence-electron chi connectivity index (χ4n) is 2.31. The molecule has 120 valence electrons. The molecule has 3 rings (SSSR count). The lowest BCUT2D eigenvalue weighted by molar-refractivity contribution is 0.102. The zero-order valence-electron chi connectivity index (χ0n) is 13.3. The molecule has 0 radical (unpaired) electrons. The Kier molecular flexibility index (Phi) is 4.76. The SMILES string of the molecule is CCN(c1ccccc1)c1ccc(NC(=O)c2cccnc2)nn1. The van der Waals surface area contributed by atoms with Crippen LogP contribution in [0.1, 0.15) is 17.3 Å². The number of rotatable bonds is 5. The summed E-state index contributed by atoms with van der Waals surface area (Å²) in [5, 5.41) is 11.0. The van der Waals surface area contributed by atoms with E-state index in [4.69, 9.17) is 0 Å². The molecule has 1 N–H and O–H groups in total. The second kappa shape index (κ2) is 7.32. The quantitative estimate of drug-likeness (QED) is 0.781. The van der Waals surface area contributed by atoms with Crippen molar-refractivity contribution in [1.29, 1.82) is 0 Å². The number of nitrogens with zero attached hydrogens (tertiary/aromatic N) is 4. The van der Waals surface area contributed by atoms with Gasteiger partial charge in [-0.3, -0.25) is 9.78 Å². The van der Waals surface area contributed by atoms with E-state index in [1.54, 1.807) is 24.4 Å². The van der Waals surface area contributed by atoms with E-state index in [0.29, 0.717) is 11.4 Å². The summed E-state index contributed by atoms with van der Waals surface area (Å²) in [6, 6.07) is 16.9. The monoisotopic (exact) mass is 319 g/mol. The topological polar surface area (TPSA) is 71.0 Å². The first-order valence-corrected chi connectivity index (χ1v) is 7.65. The van der Waals surface area contributed by atoms with Gasteiger partial charge in [-0.2, -0.15) is 0 Å². The van der Waals surface area contributed by atoms with Gasteiger partial charge in [-0.25, -0.2) is 0 Å². The lowest BCUT2D eigenvalue weighted by atomic mass is 10.2. The van der Waals surface area contributed by atoms with Crippen LogP contribution in [0.25, 0.3) is 0 Å². The molecule has 0 aliphatic heterocycles. The van der Waals surface area contributed by atoms with Crippen molar-refractivity contribution in [1.82, 2.24) is 15.2 Å². The van der Waals surface area contributed by atoms with Gasteiger partial charge in [0, 0.05) is 24.6 Å². The molecule has 1 amide bonds. The minimum atomic E-state index is -0.263. The molecule has 0 aliphatic carbocycles. The molecule has 6 heteroatoms. The summed E-state index contributed by atoms with van der Waals surface area (Å²) in [5.41, 5.74) is 1.52. The first-order valence-electron chi connectivity index (χ1n) is 7.65. The maximum Gasteiger partial charge on any atom is 0.258 e. The van der Waals surface area contributed by atoms with Crippen molar-refractivity contribution in [2.75, 3.05) is 16.8 Å². The second-order valence-corrected chi connectivity index (χ2v) is 5.05. The zero-order chi connectivity index (χ0) is 16.8. The highest BCUT2D eigenvalue weighted by atomic mass is 16.1. The van der Waals surface area contributed by atoms with Crippen molar-refractivity contribution in [2.24, 2.45) is 0 Å². The van der Waals surface area contributed by atoms with Gasteiger partial charge in [-0.05, 0) is 43.3 Å². The number of pyridine rings is 1. The molecule has 0 fully saturated rings. The van der Waals surface area contributed by atoms with Gasteiger partial charge in [-0.1, -0.05) is 18.2 Å². The number of carbonyl (C=O) groups excluding carboxylic acids is 1. The molecule has 0 atom stereocenters. The average molecular weight is 319 g/mol. The number of hydrogen-bond donors (Lipinski definition) is 1. The Morgan fingerprint density at radius 2 is 1.88 bits per heavy atom. The lowest BCUT2D eigenvalue weighted by Crippen LogP contribution is -2.18. The Morgan fingerprint density at radius 3 is 2.50 bits per heavy atom. The number of benzene rings is 1. The van der Waals surface area contributed by atoms with Gasteiger partial charge in [0.15, 0.2) is 11.6 Å². The fourth-order valence-corrected chi connectivity index (χ4v) is 2.31. The summed E-state index contributed by atoms with van der Waals surface area (Å²) >= 11 is 0. The fraction of sp³-hybridized carbons (Fsp3) is 0.111. The van der Waals surface area contributed by atoms with Crippen molar-refractivity contribution in [2.45, 2.75) is 6.92 Å². The molecule has 1 aromatic carbocycles. The molecular weight excluding hydrogens is 302 g/mol. The van der Waals surface area contributed by atoms with E-state index in [-0.39, 0.29) is 5.91 Å². The van der Waals surface area contributed by atoms with Crippen molar-refractivity contribution in [3.63, 3.8) is 0 Å².